The van der Waals surface area contributed by atoms with Crippen LogP contribution in [0, 0.1) is 0 Å². The Morgan fingerprint density at radius 3 is 2.10 bits per heavy atom. The second kappa shape index (κ2) is 22.5. The second-order valence-corrected chi connectivity index (χ2v) is 9.18. The molecule has 0 saturated carbocycles. The number of rotatable bonds is 23. The summed E-state index contributed by atoms with van der Waals surface area (Å²) in [6.45, 7) is 1.70. The van der Waals surface area contributed by atoms with E-state index < -0.39 is 13.9 Å². The van der Waals surface area contributed by atoms with Crippen LogP contribution in [0.3, 0.4) is 0 Å². The standard InChI is InChI=1S/C23H46NO6P/c1-2-3-4-5-6-7-8-9-10-11-12-13-14-15-16-17-19-28-23(21-25)22-30-31(26,27)29-20-18-24/h14-15,17,19,23,25H,2-13,16,18,20-22,24H2,1H3,(H,26,27). The SMILES string of the molecule is CCCCCCCCCCCCCC=CCC=COC(CO)COP(=O)(O)OCCN. The summed E-state index contributed by atoms with van der Waals surface area (Å²) in [7, 11) is -4.16. The van der Waals surface area contributed by atoms with Gasteiger partial charge in [-0.2, -0.15) is 0 Å². The summed E-state index contributed by atoms with van der Waals surface area (Å²) >= 11 is 0. The van der Waals surface area contributed by atoms with E-state index in [4.69, 9.17) is 15.0 Å². The van der Waals surface area contributed by atoms with Gasteiger partial charge in [-0.05, 0) is 25.3 Å². The molecular formula is C23H46NO6P. The van der Waals surface area contributed by atoms with Crippen LogP contribution in [0.1, 0.15) is 90.4 Å². The molecule has 0 amide bonds. The lowest BCUT2D eigenvalue weighted by Gasteiger charge is -2.16. The Morgan fingerprint density at radius 1 is 0.903 bits per heavy atom. The van der Waals surface area contributed by atoms with Gasteiger partial charge in [0.1, 0.15) is 6.10 Å². The summed E-state index contributed by atoms with van der Waals surface area (Å²) in [5, 5.41) is 9.25. The number of unbranched alkanes of at least 4 members (excludes halogenated alkanes) is 11. The van der Waals surface area contributed by atoms with Gasteiger partial charge in [0.2, 0.25) is 0 Å². The number of aliphatic hydroxyl groups is 1. The van der Waals surface area contributed by atoms with Crippen LogP contribution < -0.4 is 5.73 Å². The zero-order chi connectivity index (χ0) is 23.0. The average molecular weight is 464 g/mol. The van der Waals surface area contributed by atoms with E-state index in [0.29, 0.717) is 0 Å². The monoisotopic (exact) mass is 463 g/mol. The van der Waals surface area contributed by atoms with Gasteiger partial charge in [0.15, 0.2) is 0 Å². The Hall–Kier alpha value is -0.690. The van der Waals surface area contributed by atoms with E-state index in [1.54, 1.807) is 0 Å². The highest BCUT2D eigenvalue weighted by Gasteiger charge is 2.22. The van der Waals surface area contributed by atoms with Crippen molar-refractivity contribution >= 4 is 7.82 Å². The van der Waals surface area contributed by atoms with E-state index >= 15 is 0 Å². The van der Waals surface area contributed by atoms with Crippen molar-refractivity contribution in [1.29, 1.82) is 0 Å². The molecule has 0 aromatic rings. The number of phosphoric ester groups is 1. The third-order valence-corrected chi connectivity index (χ3v) is 5.76. The Morgan fingerprint density at radius 2 is 1.52 bits per heavy atom. The van der Waals surface area contributed by atoms with Gasteiger partial charge in [-0.25, -0.2) is 4.57 Å². The number of aliphatic hydroxyl groups excluding tert-OH is 1. The number of hydrogen-bond donors (Lipinski definition) is 3. The molecule has 0 aliphatic heterocycles. The van der Waals surface area contributed by atoms with Gasteiger partial charge in [0, 0.05) is 6.54 Å². The number of ether oxygens (including phenoxy) is 1. The zero-order valence-corrected chi connectivity index (χ0v) is 20.4. The van der Waals surface area contributed by atoms with Crippen molar-refractivity contribution < 1.29 is 28.3 Å². The van der Waals surface area contributed by atoms with Crippen LogP contribution >= 0.6 is 7.82 Å². The predicted molar refractivity (Wildman–Crippen MR) is 127 cm³/mol. The average Bonchev–Trinajstić information content (AvgIpc) is 2.76. The minimum atomic E-state index is -4.16. The molecule has 0 aromatic carbocycles. The topological polar surface area (TPSA) is 111 Å². The molecule has 31 heavy (non-hydrogen) atoms. The van der Waals surface area contributed by atoms with Gasteiger partial charge in [-0.3, -0.25) is 9.05 Å². The molecule has 0 fully saturated rings. The van der Waals surface area contributed by atoms with E-state index in [1.165, 1.54) is 76.9 Å². The number of phosphoric acid groups is 1. The second-order valence-electron chi connectivity index (χ2n) is 7.73. The minimum Gasteiger partial charge on any atom is -0.494 e. The summed E-state index contributed by atoms with van der Waals surface area (Å²) in [5.74, 6) is 0. The van der Waals surface area contributed by atoms with Gasteiger partial charge in [0.05, 0.1) is 26.1 Å². The van der Waals surface area contributed by atoms with E-state index in [-0.39, 0.29) is 26.4 Å². The number of hydrogen-bond acceptors (Lipinski definition) is 6. The van der Waals surface area contributed by atoms with Crippen LogP contribution in [0.4, 0.5) is 0 Å². The van der Waals surface area contributed by atoms with E-state index in [2.05, 4.69) is 23.6 Å². The van der Waals surface area contributed by atoms with Crippen molar-refractivity contribution in [2.45, 2.75) is 96.5 Å². The largest absolute Gasteiger partial charge is 0.494 e. The molecule has 8 heteroatoms. The first-order chi connectivity index (χ1) is 15.1. The van der Waals surface area contributed by atoms with Crippen molar-refractivity contribution in [3.63, 3.8) is 0 Å². The lowest BCUT2D eigenvalue weighted by Crippen LogP contribution is -2.21. The molecule has 2 atom stereocenters. The highest BCUT2D eigenvalue weighted by Crippen LogP contribution is 2.42. The Kier molecular flexibility index (Phi) is 22.0. The fourth-order valence-corrected chi connectivity index (χ4v) is 3.72. The van der Waals surface area contributed by atoms with Gasteiger partial charge >= 0.3 is 7.82 Å². The van der Waals surface area contributed by atoms with Gasteiger partial charge in [0.25, 0.3) is 0 Å². The van der Waals surface area contributed by atoms with Crippen molar-refractivity contribution in [2.24, 2.45) is 5.73 Å². The maximum Gasteiger partial charge on any atom is 0.472 e. The normalized spacial score (nSPS) is 15.0. The van der Waals surface area contributed by atoms with Crippen LogP contribution in [0.5, 0.6) is 0 Å². The first-order valence-electron chi connectivity index (χ1n) is 11.9. The summed E-state index contributed by atoms with van der Waals surface area (Å²) in [6, 6.07) is 0. The van der Waals surface area contributed by atoms with Crippen molar-refractivity contribution in [3.05, 3.63) is 24.5 Å². The highest BCUT2D eigenvalue weighted by molar-refractivity contribution is 7.47. The lowest BCUT2D eigenvalue weighted by atomic mass is 10.1. The fourth-order valence-electron chi connectivity index (χ4n) is 2.96. The Labute approximate surface area is 189 Å². The van der Waals surface area contributed by atoms with Crippen molar-refractivity contribution in [3.8, 4) is 0 Å². The first kappa shape index (κ1) is 30.3. The molecule has 2 unspecified atom stereocenters. The third-order valence-electron chi connectivity index (χ3n) is 4.78. The Balaban J connectivity index is 3.59. The fraction of sp³-hybridized carbons (Fsp3) is 0.826. The molecule has 0 radical (unpaired) electrons. The summed E-state index contributed by atoms with van der Waals surface area (Å²) in [4.78, 5) is 9.40. The van der Waals surface area contributed by atoms with Crippen LogP contribution in [0.25, 0.3) is 0 Å². The molecule has 0 aromatic heterocycles. The number of allylic oxidation sites excluding steroid dienone is 3. The molecule has 7 nitrogen and oxygen atoms in total. The summed E-state index contributed by atoms with van der Waals surface area (Å²) < 4.78 is 26.2. The molecule has 0 saturated heterocycles. The van der Waals surface area contributed by atoms with Crippen molar-refractivity contribution in [1.82, 2.24) is 0 Å². The third kappa shape index (κ3) is 22.3. The highest BCUT2D eigenvalue weighted by atomic mass is 31.2. The van der Waals surface area contributed by atoms with E-state index in [1.807, 2.05) is 6.08 Å². The van der Waals surface area contributed by atoms with Crippen molar-refractivity contribution in [2.75, 3.05) is 26.4 Å². The summed E-state index contributed by atoms with van der Waals surface area (Å²) in [5.41, 5.74) is 5.20. The molecule has 0 aliphatic rings. The van der Waals surface area contributed by atoms with Crippen LogP contribution in [0.2, 0.25) is 0 Å². The number of nitrogens with two attached hydrogens (primary N) is 1. The van der Waals surface area contributed by atoms with Gasteiger partial charge in [-0.1, -0.05) is 83.3 Å². The molecule has 0 aliphatic carbocycles. The van der Waals surface area contributed by atoms with Gasteiger partial charge < -0.3 is 20.5 Å². The van der Waals surface area contributed by atoms with Crippen LogP contribution in [-0.2, 0) is 18.3 Å². The molecule has 0 heterocycles. The molecule has 4 N–H and O–H groups in total. The maximum atomic E-state index is 11.5. The molecule has 184 valence electrons. The van der Waals surface area contributed by atoms with Crippen LogP contribution in [-0.4, -0.2) is 42.5 Å². The zero-order valence-electron chi connectivity index (χ0n) is 19.5. The maximum absolute atomic E-state index is 11.5. The minimum absolute atomic E-state index is 0.0795. The Bertz CT molecular complexity index is 487. The molecule has 0 bridgehead atoms. The quantitative estimate of drug-likeness (QED) is 0.0780. The van der Waals surface area contributed by atoms with E-state index in [9.17, 15) is 14.6 Å². The van der Waals surface area contributed by atoms with Gasteiger partial charge in [-0.15, -0.1) is 0 Å². The predicted octanol–water partition coefficient (Wildman–Crippen LogP) is 5.62. The molecular weight excluding hydrogens is 417 g/mol. The molecule has 0 spiro atoms. The molecule has 0 rings (SSSR count). The summed E-state index contributed by atoms with van der Waals surface area (Å²) in [6.07, 6.45) is 23.5. The lowest BCUT2D eigenvalue weighted by molar-refractivity contribution is 0.0258. The first-order valence-corrected chi connectivity index (χ1v) is 13.4. The van der Waals surface area contributed by atoms with E-state index in [0.717, 1.165) is 12.8 Å². The smallest absolute Gasteiger partial charge is 0.472 e. The van der Waals surface area contributed by atoms with Crippen LogP contribution in [0.15, 0.2) is 24.5 Å².